The third kappa shape index (κ3) is 6.51. The lowest BCUT2D eigenvalue weighted by molar-refractivity contribution is -0.137. The van der Waals surface area contributed by atoms with Gasteiger partial charge in [-0.3, -0.25) is 9.59 Å². The van der Waals surface area contributed by atoms with Crippen LogP contribution in [0.5, 0.6) is 5.75 Å². The number of thioether (sulfide) groups is 1. The van der Waals surface area contributed by atoms with Gasteiger partial charge in [-0.15, -0.1) is 11.8 Å². The number of likely N-dealkylation sites (tertiary alicyclic amines) is 1. The second kappa shape index (κ2) is 10.7. The minimum atomic E-state index is -4.61. The maximum absolute atomic E-state index is 13.5. The van der Waals surface area contributed by atoms with E-state index >= 15 is 0 Å². The first-order valence-corrected chi connectivity index (χ1v) is 13.3. The highest BCUT2D eigenvalue weighted by Crippen LogP contribution is 2.42. The van der Waals surface area contributed by atoms with E-state index in [1.54, 1.807) is 0 Å². The molecule has 0 bridgehead atoms. The quantitative estimate of drug-likeness (QED) is 0.317. The van der Waals surface area contributed by atoms with Gasteiger partial charge < -0.3 is 15.0 Å². The summed E-state index contributed by atoms with van der Waals surface area (Å²) in [5.74, 6) is -0.337. The average molecular weight is 553 g/mol. The lowest BCUT2D eigenvalue weighted by Crippen LogP contribution is -2.38. The summed E-state index contributed by atoms with van der Waals surface area (Å²) in [6.45, 7) is 6.95. The Kier molecular flexibility index (Phi) is 7.97. The molecule has 1 saturated heterocycles. The van der Waals surface area contributed by atoms with Gasteiger partial charge in [0.25, 0.3) is 5.56 Å². The molecule has 2 aromatic carbocycles. The third-order valence-corrected chi connectivity index (χ3v) is 8.20. The van der Waals surface area contributed by atoms with E-state index < -0.39 is 17.3 Å². The molecule has 0 radical (unpaired) electrons. The summed E-state index contributed by atoms with van der Waals surface area (Å²) in [7, 11) is 0. The summed E-state index contributed by atoms with van der Waals surface area (Å²) in [5.41, 5.74) is -0.739. The van der Waals surface area contributed by atoms with Gasteiger partial charge in [-0.05, 0) is 67.7 Å². The van der Waals surface area contributed by atoms with Gasteiger partial charge in [0.2, 0.25) is 0 Å². The molecule has 1 aliphatic heterocycles. The number of carbonyl (C=O) groups excluding carboxylic acids is 1. The Morgan fingerprint density at radius 3 is 2.54 bits per heavy atom. The van der Waals surface area contributed by atoms with Crippen LogP contribution in [0.4, 0.5) is 13.2 Å². The number of hydrogen-bond acceptors (Lipinski definition) is 5. The molecule has 3 aromatic rings. The Morgan fingerprint density at radius 2 is 1.86 bits per heavy atom. The number of nitrogens with zero attached hydrogens (tertiary/aromatic N) is 1. The molecule has 0 unspecified atom stereocenters. The molecule has 4 rings (SSSR count). The molecule has 1 fully saturated rings. The predicted octanol–water partition coefficient (Wildman–Crippen LogP) is 6.75. The van der Waals surface area contributed by atoms with Crippen LogP contribution in [0.2, 0.25) is 5.02 Å². The van der Waals surface area contributed by atoms with Crippen molar-refractivity contribution >= 4 is 40.0 Å². The number of rotatable bonds is 7. The standard InChI is InChI=1S/C27H28ClF3N2O3S/c1-26(2)8-11-33(12-9-26)10-7-18(34)15-37-24-23(20-14-17(28)4-6-22(20)35)19-13-16(27(29,30)31)3-5-21(19)32-25(24)36/h3-6,13-14,35H,7-12,15H2,1-2H3,(H,32,36). The van der Waals surface area contributed by atoms with Crippen molar-refractivity contribution in [2.24, 2.45) is 5.41 Å². The van der Waals surface area contributed by atoms with Crippen LogP contribution in [0.15, 0.2) is 46.1 Å². The lowest BCUT2D eigenvalue weighted by atomic mass is 9.82. The zero-order valence-electron chi connectivity index (χ0n) is 20.5. The third-order valence-electron chi connectivity index (χ3n) is 6.82. The van der Waals surface area contributed by atoms with Gasteiger partial charge in [-0.2, -0.15) is 13.2 Å². The number of hydrogen-bond donors (Lipinski definition) is 2. The van der Waals surface area contributed by atoms with E-state index in [4.69, 9.17) is 11.6 Å². The number of pyridine rings is 1. The molecule has 0 atom stereocenters. The number of fused-ring (bicyclic) bond motifs is 1. The summed E-state index contributed by atoms with van der Waals surface area (Å²) in [5, 5.41) is 10.9. The molecule has 1 aromatic heterocycles. The number of nitrogens with one attached hydrogen (secondary N) is 1. The Balaban J connectivity index is 1.65. The molecule has 37 heavy (non-hydrogen) atoms. The molecule has 2 heterocycles. The number of aromatic hydroxyl groups is 1. The minimum absolute atomic E-state index is 0.0266. The highest BCUT2D eigenvalue weighted by atomic mass is 35.5. The summed E-state index contributed by atoms with van der Waals surface area (Å²) in [4.78, 5) is 30.7. The molecule has 10 heteroatoms. The number of alkyl halides is 3. The van der Waals surface area contributed by atoms with Crippen molar-refractivity contribution in [2.75, 3.05) is 25.4 Å². The van der Waals surface area contributed by atoms with E-state index in [0.717, 1.165) is 49.8 Å². The van der Waals surface area contributed by atoms with E-state index in [-0.39, 0.29) is 49.2 Å². The number of halogens is 4. The van der Waals surface area contributed by atoms with Crippen molar-refractivity contribution in [2.45, 2.75) is 44.2 Å². The van der Waals surface area contributed by atoms with Crippen LogP contribution in [0, 0.1) is 5.41 Å². The zero-order chi connectivity index (χ0) is 27.0. The van der Waals surface area contributed by atoms with Crippen molar-refractivity contribution in [1.82, 2.24) is 9.88 Å². The molecule has 5 nitrogen and oxygen atoms in total. The minimum Gasteiger partial charge on any atom is -0.507 e. The van der Waals surface area contributed by atoms with Crippen LogP contribution in [0.25, 0.3) is 22.0 Å². The van der Waals surface area contributed by atoms with Crippen LogP contribution >= 0.6 is 23.4 Å². The molecule has 1 aliphatic rings. The smallest absolute Gasteiger partial charge is 0.416 e. The SMILES string of the molecule is CC1(C)CCN(CCC(=O)CSc2c(-c3cc(Cl)ccc3O)c3cc(C(F)(F)F)ccc3[nH]c2=O)CC1. The van der Waals surface area contributed by atoms with Crippen LogP contribution in [-0.2, 0) is 11.0 Å². The van der Waals surface area contributed by atoms with Gasteiger partial charge in [0.15, 0.2) is 0 Å². The Hall–Kier alpha value is -2.49. The van der Waals surface area contributed by atoms with Gasteiger partial charge >= 0.3 is 6.18 Å². The van der Waals surface area contributed by atoms with E-state index in [1.165, 1.54) is 24.3 Å². The summed E-state index contributed by atoms with van der Waals surface area (Å²) in [6, 6.07) is 7.16. The zero-order valence-corrected chi connectivity index (χ0v) is 22.1. The van der Waals surface area contributed by atoms with Crippen molar-refractivity contribution in [3.05, 3.63) is 57.3 Å². The molecule has 0 aliphatic carbocycles. The van der Waals surface area contributed by atoms with Crippen LogP contribution in [-0.4, -0.2) is 46.2 Å². The second-order valence-electron chi connectivity index (χ2n) is 10.2. The van der Waals surface area contributed by atoms with E-state index in [2.05, 4.69) is 23.7 Å². The Morgan fingerprint density at radius 1 is 1.16 bits per heavy atom. The first-order valence-electron chi connectivity index (χ1n) is 12.0. The molecular weight excluding hydrogens is 525 g/mol. The molecule has 0 amide bonds. The average Bonchev–Trinajstić information content (AvgIpc) is 2.82. The van der Waals surface area contributed by atoms with E-state index in [1.807, 2.05) is 0 Å². The summed E-state index contributed by atoms with van der Waals surface area (Å²) < 4.78 is 40.5. The summed E-state index contributed by atoms with van der Waals surface area (Å²) in [6.07, 6.45) is -2.16. The molecule has 2 N–H and O–H groups in total. The number of phenolic OH excluding ortho intramolecular Hbond substituents is 1. The monoisotopic (exact) mass is 552 g/mol. The fourth-order valence-corrected chi connectivity index (χ4v) is 5.62. The first kappa shape index (κ1) is 27.5. The van der Waals surface area contributed by atoms with Gasteiger partial charge in [-0.25, -0.2) is 0 Å². The fourth-order valence-electron chi connectivity index (χ4n) is 4.45. The van der Waals surface area contributed by atoms with Gasteiger partial charge in [-0.1, -0.05) is 25.4 Å². The highest BCUT2D eigenvalue weighted by Gasteiger charge is 2.31. The molecule has 0 saturated carbocycles. The number of H-pyrrole nitrogens is 1. The fraction of sp³-hybridized carbons (Fsp3) is 0.407. The number of piperidine rings is 1. The van der Waals surface area contributed by atoms with Crippen molar-refractivity contribution < 1.29 is 23.1 Å². The largest absolute Gasteiger partial charge is 0.507 e. The normalized spacial score (nSPS) is 16.3. The van der Waals surface area contributed by atoms with Crippen LogP contribution in [0.1, 0.15) is 38.7 Å². The van der Waals surface area contributed by atoms with Crippen molar-refractivity contribution in [3.63, 3.8) is 0 Å². The maximum atomic E-state index is 13.5. The van der Waals surface area contributed by atoms with Gasteiger partial charge in [0, 0.05) is 40.0 Å². The van der Waals surface area contributed by atoms with Crippen molar-refractivity contribution in [3.8, 4) is 16.9 Å². The maximum Gasteiger partial charge on any atom is 0.416 e. The predicted molar refractivity (Wildman–Crippen MR) is 141 cm³/mol. The van der Waals surface area contributed by atoms with Crippen LogP contribution in [0.3, 0.4) is 0 Å². The molecule has 198 valence electrons. The van der Waals surface area contributed by atoms with Gasteiger partial charge in [0.1, 0.15) is 11.5 Å². The van der Waals surface area contributed by atoms with E-state index in [9.17, 15) is 27.9 Å². The van der Waals surface area contributed by atoms with Crippen LogP contribution < -0.4 is 5.56 Å². The summed E-state index contributed by atoms with van der Waals surface area (Å²) >= 11 is 7.09. The van der Waals surface area contributed by atoms with E-state index in [0.29, 0.717) is 18.4 Å². The number of Topliss-reactive ketones (excluding diaryl/α,β-unsaturated/α-hetero) is 1. The Labute approximate surface area is 222 Å². The number of phenols is 1. The van der Waals surface area contributed by atoms with Gasteiger partial charge in [0.05, 0.1) is 16.2 Å². The molecule has 0 spiro atoms. The highest BCUT2D eigenvalue weighted by molar-refractivity contribution is 8.00. The lowest BCUT2D eigenvalue weighted by Gasteiger charge is -2.36. The molecular formula is C27H28ClF3N2O3S. The Bertz CT molecular complexity index is 1380. The topological polar surface area (TPSA) is 73.4 Å². The van der Waals surface area contributed by atoms with Crippen molar-refractivity contribution in [1.29, 1.82) is 0 Å². The number of aromatic nitrogens is 1. The number of carbonyl (C=O) groups is 1. The number of ketones is 1. The number of benzene rings is 2. The number of aromatic amines is 1. The first-order chi connectivity index (χ1) is 17.3. The second-order valence-corrected chi connectivity index (χ2v) is 11.6.